The van der Waals surface area contributed by atoms with Crippen molar-refractivity contribution in [3.05, 3.63) is 75.9 Å². The van der Waals surface area contributed by atoms with Crippen LogP contribution in [0.3, 0.4) is 0 Å². The molecule has 0 atom stereocenters. The van der Waals surface area contributed by atoms with Crippen LogP contribution < -0.4 is 20.5 Å². The Morgan fingerprint density at radius 2 is 1.81 bits per heavy atom. The Balaban J connectivity index is 1.17. The molecule has 0 unspecified atom stereocenters. The Morgan fingerprint density at radius 3 is 2.51 bits per heavy atom. The van der Waals surface area contributed by atoms with E-state index in [-0.39, 0.29) is 11.6 Å². The number of nitrogens with zero attached hydrogens (tertiary/aromatic N) is 3. The van der Waals surface area contributed by atoms with Gasteiger partial charge in [-0.2, -0.15) is 0 Å². The topological polar surface area (TPSA) is 120 Å². The number of nitrogens with one attached hydrogen (secondary N) is 1. The van der Waals surface area contributed by atoms with Crippen LogP contribution in [0, 0.1) is 0 Å². The van der Waals surface area contributed by atoms with Crippen molar-refractivity contribution in [2.24, 2.45) is 5.73 Å². The second-order valence-electron chi connectivity index (χ2n) is 8.82. The molecule has 0 fully saturated rings. The minimum atomic E-state index is -0.655. The van der Waals surface area contributed by atoms with E-state index >= 15 is 0 Å². The summed E-state index contributed by atoms with van der Waals surface area (Å²) in [6, 6.07) is 13.7. The molecular formula is C27H27N5O4S. The third kappa shape index (κ3) is 5.40. The maximum Gasteiger partial charge on any atom is 0.268 e. The summed E-state index contributed by atoms with van der Waals surface area (Å²) in [6.07, 6.45) is 3.21. The van der Waals surface area contributed by atoms with Gasteiger partial charge in [0.15, 0.2) is 11.5 Å². The van der Waals surface area contributed by atoms with Crippen LogP contribution in [-0.4, -0.2) is 54.0 Å². The molecule has 10 heteroatoms. The van der Waals surface area contributed by atoms with E-state index in [9.17, 15) is 9.59 Å². The van der Waals surface area contributed by atoms with Gasteiger partial charge < -0.3 is 20.5 Å². The maximum absolute atomic E-state index is 12.7. The molecule has 2 aromatic carbocycles. The number of benzene rings is 2. The van der Waals surface area contributed by atoms with Crippen LogP contribution in [0.2, 0.25) is 0 Å². The molecule has 0 saturated carbocycles. The molecule has 0 aliphatic carbocycles. The van der Waals surface area contributed by atoms with E-state index in [1.807, 2.05) is 24.3 Å². The summed E-state index contributed by atoms with van der Waals surface area (Å²) in [4.78, 5) is 35.9. The van der Waals surface area contributed by atoms with Crippen molar-refractivity contribution in [2.45, 2.75) is 19.4 Å². The van der Waals surface area contributed by atoms with Gasteiger partial charge >= 0.3 is 0 Å². The van der Waals surface area contributed by atoms with Crippen LogP contribution in [0.25, 0.3) is 10.3 Å². The zero-order valence-corrected chi connectivity index (χ0v) is 21.4. The van der Waals surface area contributed by atoms with Gasteiger partial charge in [0.2, 0.25) is 0 Å². The third-order valence-corrected chi connectivity index (χ3v) is 7.47. The summed E-state index contributed by atoms with van der Waals surface area (Å²) in [5, 5.41) is 2.91. The van der Waals surface area contributed by atoms with Gasteiger partial charge in [-0.25, -0.2) is 9.97 Å². The molecule has 1 aliphatic heterocycles. The van der Waals surface area contributed by atoms with Crippen LogP contribution in [0.15, 0.2) is 48.7 Å². The van der Waals surface area contributed by atoms with Crippen LogP contribution in [0.4, 0.5) is 5.69 Å². The number of carbonyl (C=O) groups is 2. The number of hydrogen-bond acceptors (Lipinski definition) is 8. The monoisotopic (exact) mass is 517 g/mol. The molecular weight excluding hydrogens is 490 g/mol. The Labute approximate surface area is 218 Å². The van der Waals surface area contributed by atoms with Gasteiger partial charge in [0.05, 0.1) is 25.3 Å². The number of primary amides is 1. The minimum absolute atomic E-state index is 0.0709. The highest BCUT2D eigenvalue weighted by atomic mass is 32.1. The average molecular weight is 518 g/mol. The number of rotatable bonds is 8. The number of amides is 2. The van der Waals surface area contributed by atoms with Crippen LogP contribution in [0.1, 0.15) is 36.9 Å². The molecule has 5 rings (SSSR count). The summed E-state index contributed by atoms with van der Waals surface area (Å²) in [5.41, 5.74) is 10.3. The first-order chi connectivity index (χ1) is 17.9. The molecule has 0 radical (unpaired) electrons. The number of thiophene rings is 1. The molecule has 37 heavy (non-hydrogen) atoms. The van der Waals surface area contributed by atoms with Crippen LogP contribution in [-0.2, 0) is 19.4 Å². The second kappa shape index (κ2) is 10.5. The van der Waals surface area contributed by atoms with Crippen molar-refractivity contribution in [3.63, 3.8) is 0 Å². The molecule has 0 saturated heterocycles. The van der Waals surface area contributed by atoms with E-state index in [0.29, 0.717) is 20.9 Å². The first kappa shape index (κ1) is 24.7. The largest absolute Gasteiger partial charge is 0.493 e. The maximum atomic E-state index is 12.7. The Kier molecular flexibility index (Phi) is 7.02. The van der Waals surface area contributed by atoms with E-state index in [4.69, 9.17) is 15.2 Å². The lowest BCUT2D eigenvalue weighted by atomic mass is 9.98. The number of ether oxygens (including phenoxy) is 2. The lowest BCUT2D eigenvalue weighted by Crippen LogP contribution is -2.32. The number of aromatic nitrogens is 2. The molecule has 3 heterocycles. The summed E-state index contributed by atoms with van der Waals surface area (Å²) >= 11 is 1.21. The highest BCUT2D eigenvalue weighted by molar-refractivity contribution is 7.20. The summed E-state index contributed by atoms with van der Waals surface area (Å²) in [7, 11) is 3.33. The molecule has 4 aromatic rings. The average Bonchev–Trinajstić information content (AvgIpc) is 3.35. The zero-order valence-electron chi connectivity index (χ0n) is 20.6. The molecule has 2 aromatic heterocycles. The van der Waals surface area contributed by atoms with E-state index in [2.05, 4.69) is 32.3 Å². The predicted molar refractivity (Wildman–Crippen MR) is 143 cm³/mol. The molecule has 190 valence electrons. The summed E-state index contributed by atoms with van der Waals surface area (Å²) < 4.78 is 10.9. The standard InChI is InChI=1S/C27H27N5O4S/c1-35-22-11-17-8-10-32(15-18(17)12-23(22)36-2)9-7-16-3-5-19(6-4-16)30-26(34)24-13-20-27(37-24)29-14-21(31-20)25(28)33/h3-6,11-14H,7-10,15H2,1-2H3,(H2,28,33)(H,30,34). The van der Waals surface area contributed by atoms with Crippen molar-refractivity contribution in [3.8, 4) is 11.5 Å². The highest BCUT2D eigenvalue weighted by Gasteiger charge is 2.19. The number of fused-ring (bicyclic) bond motifs is 2. The number of nitrogens with two attached hydrogens (primary N) is 1. The molecule has 0 bridgehead atoms. The van der Waals surface area contributed by atoms with Crippen LogP contribution in [0.5, 0.6) is 11.5 Å². The van der Waals surface area contributed by atoms with Gasteiger partial charge in [-0.3, -0.25) is 14.5 Å². The molecule has 3 N–H and O–H groups in total. The quantitative estimate of drug-likeness (QED) is 0.366. The Bertz CT molecular complexity index is 1470. The van der Waals surface area contributed by atoms with Gasteiger partial charge in [0.1, 0.15) is 16.0 Å². The van der Waals surface area contributed by atoms with E-state index in [1.54, 1.807) is 20.3 Å². The van der Waals surface area contributed by atoms with Crippen molar-refractivity contribution < 1.29 is 19.1 Å². The van der Waals surface area contributed by atoms with Gasteiger partial charge in [0.25, 0.3) is 11.8 Å². The van der Waals surface area contributed by atoms with Crippen LogP contribution >= 0.6 is 11.3 Å². The van der Waals surface area contributed by atoms with E-state index in [0.717, 1.165) is 44.0 Å². The fraction of sp³-hybridized carbons (Fsp3) is 0.259. The van der Waals surface area contributed by atoms with Gasteiger partial charge in [-0.1, -0.05) is 12.1 Å². The SMILES string of the molecule is COc1cc2c(cc1OC)CN(CCc1ccc(NC(=O)c3cc4nc(C(N)=O)cnc4s3)cc1)CC2. The molecule has 2 amide bonds. The van der Waals surface area contributed by atoms with Crippen molar-refractivity contribution in [1.82, 2.24) is 14.9 Å². The molecule has 0 spiro atoms. The normalized spacial score (nSPS) is 13.2. The van der Waals surface area contributed by atoms with Gasteiger partial charge in [-0.15, -0.1) is 11.3 Å². The van der Waals surface area contributed by atoms with Gasteiger partial charge in [-0.05, 0) is 59.9 Å². The Hall–Kier alpha value is -4.02. The van der Waals surface area contributed by atoms with E-state index < -0.39 is 5.91 Å². The fourth-order valence-electron chi connectivity index (χ4n) is 4.42. The number of methoxy groups -OCH3 is 2. The lowest BCUT2D eigenvalue weighted by molar-refractivity contribution is 0.0993. The molecule has 9 nitrogen and oxygen atoms in total. The van der Waals surface area contributed by atoms with Gasteiger partial charge in [0, 0.05) is 25.3 Å². The van der Waals surface area contributed by atoms with E-state index in [1.165, 1.54) is 34.2 Å². The molecule has 1 aliphatic rings. The van der Waals surface area contributed by atoms with Crippen molar-refractivity contribution in [1.29, 1.82) is 0 Å². The third-order valence-electron chi connectivity index (χ3n) is 6.44. The predicted octanol–water partition coefficient (Wildman–Crippen LogP) is 3.66. The smallest absolute Gasteiger partial charge is 0.268 e. The number of anilines is 1. The number of hydrogen-bond donors (Lipinski definition) is 2. The second-order valence-corrected chi connectivity index (χ2v) is 9.85. The Morgan fingerprint density at radius 1 is 1.08 bits per heavy atom. The minimum Gasteiger partial charge on any atom is -0.493 e. The first-order valence-electron chi connectivity index (χ1n) is 11.9. The van der Waals surface area contributed by atoms with Crippen molar-refractivity contribution in [2.75, 3.05) is 32.6 Å². The highest BCUT2D eigenvalue weighted by Crippen LogP contribution is 2.33. The van der Waals surface area contributed by atoms with Crippen molar-refractivity contribution >= 4 is 39.2 Å². The zero-order chi connectivity index (χ0) is 25.9. The summed E-state index contributed by atoms with van der Waals surface area (Å²) in [5.74, 6) is 0.633. The fourth-order valence-corrected chi connectivity index (χ4v) is 5.26. The lowest BCUT2D eigenvalue weighted by Gasteiger charge is -2.29. The first-order valence-corrected chi connectivity index (χ1v) is 12.7. The summed E-state index contributed by atoms with van der Waals surface area (Å²) in [6.45, 7) is 2.81. The number of carbonyl (C=O) groups excluding carboxylic acids is 2.